The molecule has 0 aliphatic rings. The Bertz CT molecular complexity index is 528. The highest BCUT2D eigenvalue weighted by molar-refractivity contribution is 5.85. The molecule has 2 N–H and O–H groups in total. The average Bonchev–Trinajstić information content (AvgIpc) is 2.87. The van der Waals surface area contributed by atoms with Crippen LogP contribution in [0.2, 0.25) is 0 Å². The monoisotopic (exact) mass is 296 g/mol. The Morgan fingerprint density at radius 2 is 2.05 bits per heavy atom. The second-order valence-corrected chi connectivity index (χ2v) is 4.52. The fraction of sp³-hybridized carbons (Fsp3) is 0.333. The molecule has 0 aliphatic heterocycles. The summed E-state index contributed by atoms with van der Waals surface area (Å²) in [5, 5.41) is 0. The lowest BCUT2D eigenvalue weighted by Crippen LogP contribution is -2.24. The number of ether oxygens (including phenoxy) is 1. The minimum atomic E-state index is 0. The van der Waals surface area contributed by atoms with Crippen molar-refractivity contribution < 1.29 is 9.15 Å². The van der Waals surface area contributed by atoms with Gasteiger partial charge < -0.3 is 14.9 Å². The van der Waals surface area contributed by atoms with Crippen LogP contribution in [0.3, 0.4) is 0 Å². The molecule has 110 valence electrons. The van der Waals surface area contributed by atoms with E-state index in [0.717, 1.165) is 35.9 Å². The smallest absolute Gasteiger partial charge is 0.134 e. The summed E-state index contributed by atoms with van der Waals surface area (Å²) in [5.41, 5.74) is 6.55. The van der Waals surface area contributed by atoms with Crippen molar-refractivity contribution in [2.45, 2.75) is 6.54 Å². The molecule has 0 amide bonds. The molecule has 4 nitrogen and oxygen atoms in total. The van der Waals surface area contributed by atoms with Crippen molar-refractivity contribution in [1.82, 2.24) is 4.90 Å². The number of nitrogens with two attached hydrogens (primary N) is 1. The normalized spacial score (nSPS) is 10.4. The number of methoxy groups -OCH3 is 1. The Hall–Kier alpha value is -1.49. The zero-order valence-electron chi connectivity index (χ0n) is 11.8. The Morgan fingerprint density at radius 1 is 1.25 bits per heavy atom. The predicted molar refractivity (Wildman–Crippen MR) is 83.3 cm³/mol. The number of likely N-dealkylation sites (N-methyl/N-ethyl adjacent to an activating group) is 1. The molecule has 0 aliphatic carbocycles. The Labute approximate surface area is 125 Å². The predicted octanol–water partition coefficient (Wildman–Crippen LogP) is 2.77. The number of furan rings is 1. The molecule has 0 saturated heterocycles. The van der Waals surface area contributed by atoms with Crippen LogP contribution in [0.25, 0.3) is 11.3 Å². The van der Waals surface area contributed by atoms with Crippen molar-refractivity contribution in [3.8, 4) is 17.1 Å². The minimum absolute atomic E-state index is 0. The van der Waals surface area contributed by atoms with E-state index in [0.29, 0.717) is 6.54 Å². The molecule has 2 aromatic rings. The third-order valence-corrected chi connectivity index (χ3v) is 2.95. The maximum Gasteiger partial charge on any atom is 0.134 e. The second-order valence-electron chi connectivity index (χ2n) is 4.52. The van der Waals surface area contributed by atoms with Gasteiger partial charge in [-0.2, -0.15) is 0 Å². The largest absolute Gasteiger partial charge is 0.497 e. The molecule has 1 aromatic heterocycles. The van der Waals surface area contributed by atoms with Crippen LogP contribution in [0.4, 0.5) is 0 Å². The maximum atomic E-state index is 5.85. The van der Waals surface area contributed by atoms with E-state index in [4.69, 9.17) is 14.9 Å². The summed E-state index contributed by atoms with van der Waals surface area (Å²) in [6, 6.07) is 11.8. The van der Waals surface area contributed by atoms with Gasteiger partial charge in [0.2, 0.25) is 0 Å². The zero-order chi connectivity index (χ0) is 13.7. The molecule has 20 heavy (non-hydrogen) atoms. The summed E-state index contributed by atoms with van der Waals surface area (Å²) in [4.78, 5) is 2.13. The number of nitrogens with zero attached hydrogens (tertiary/aromatic N) is 1. The summed E-state index contributed by atoms with van der Waals surface area (Å²) < 4.78 is 11.1. The summed E-state index contributed by atoms with van der Waals surface area (Å²) in [5.74, 6) is 2.62. The molecule has 0 unspecified atom stereocenters. The highest BCUT2D eigenvalue weighted by Crippen LogP contribution is 2.25. The topological polar surface area (TPSA) is 51.6 Å². The van der Waals surface area contributed by atoms with Crippen LogP contribution in [0.1, 0.15) is 5.76 Å². The van der Waals surface area contributed by atoms with Gasteiger partial charge in [-0.15, -0.1) is 12.4 Å². The molecule has 0 atom stereocenters. The molecule has 1 heterocycles. The van der Waals surface area contributed by atoms with Crippen LogP contribution in [0.5, 0.6) is 5.75 Å². The van der Waals surface area contributed by atoms with Gasteiger partial charge in [-0.25, -0.2) is 0 Å². The quantitative estimate of drug-likeness (QED) is 0.890. The van der Waals surface area contributed by atoms with Crippen molar-refractivity contribution in [2.24, 2.45) is 5.73 Å². The molecule has 0 saturated carbocycles. The van der Waals surface area contributed by atoms with Crippen LogP contribution in [0, 0.1) is 0 Å². The second kappa shape index (κ2) is 7.94. The molecule has 0 spiro atoms. The maximum absolute atomic E-state index is 5.85. The number of halogens is 1. The highest BCUT2D eigenvalue weighted by Gasteiger charge is 2.07. The number of hydrogen-bond donors (Lipinski definition) is 1. The molecule has 0 bridgehead atoms. The van der Waals surface area contributed by atoms with Crippen LogP contribution in [-0.2, 0) is 6.54 Å². The summed E-state index contributed by atoms with van der Waals surface area (Å²) in [6.45, 7) is 2.27. The van der Waals surface area contributed by atoms with Crippen molar-refractivity contribution in [3.63, 3.8) is 0 Å². The van der Waals surface area contributed by atoms with Gasteiger partial charge in [-0.1, -0.05) is 12.1 Å². The summed E-state index contributed by atoms with van der Waals surface area (Å²) in [6.07, 6.45) is 0. The number of rotatable bonds is 6. The minimum Gasteiger partial charge on any atom is -0.497 e. The molecular formula is C15H21ClN2O2. The van der Waals surface area contributed by atoms with Crippen LogP contribution in [-0.4, -0.2) is 32.1 Å². The van der Waals surface area contributed by atoms with Gasteiger partial charge >= 0.3 is 0 Å². The van der Waals surface area contributed by atoms with Gasteiger partial charge in [-0.3, -0.25) is 4.90 Å². The van der Waals surface area contributed by atoms with Crippen molar-refractivity contribution >= 4 is 12.4 Å². The standard InChI is InChI=1S/C15H20N2O2.ClH/c1-17(9-8-16)11-14-6-7-15(19-14)12-4-3-5-13(10-12)18-2;/h3-7,10H,8-9,11,16H2,1-2H3;1H. The van der Waals surface area contributed by atoms with Crippen LogP contribution in [0.15, 0.2) is 40.8 Å². The van der Waals surface area contributed by atoms with Crippen molar-refractivity contribution in [2.75, 3.05) is 27.2 Å². The van der Waals surface area contributed by atoms with E-state index in [9.17, 15) is 0 Å². The lowest BCUT2D eigenvalue weighted by atomic mass is 10.2. The number of hydrogen-bond acceptors (Lipinski definition) is 4. The molecule has 0 fully saturated rings. The van der Waals surface area contributed by atoms with Crippen molar-refractivity contribution in [1.29, 1.82) is 0 Å². The van der Waals surface area contributed by atoms with E-state index in [-0.39, 0.29) is 12.4 Å². The fourth-order valence-electron chi connectivity index (χ4n) is 1.96. The van der Waals surface area contributed by atoms with E-state index in [2.05, 4.69) is 4.90 Å². The Morgan fingerprint density at radius 3 is 2.75 bits per heavy atom. The number of benzene rings is 1. The van der Waals surface area contributed by atoms with Gasteiger partial charge in [0.15, 0.2) is 0 Å². The SMILES string of the molecule is COc1cccc(-c2ccc(CN(C)CCN)o2)c1.Cl. The molecule has 5 heteroatoms. The van der Waals surface area contributed by atoms with E-state index < -0.39 is 0 Å². The third-order valence-electron chi connectivity index (χ3n) is 2.95. The molecule has 2 rings (SSSR count). The van der Waals surface area contributed by atoms with Gasteiger partial charge in [-0.05, 0) is 31.3 Å². The van der Waals surface area contributed by atoms with Crippen LogP contribution >= 0.6 is 12.4 Å². The van der Waals surface area contributed by atoms with Gasteiger partial charge in [0.25, 0.3) is 0 Å². The molecule has 0 radical (unpaired) electrons. The van der Waals surface area contributed by atoms with E-state index >= 15 is 0 Å². The summed E-state index contributed by atoms with van der Waals surface area (Å²) >= 11 is 0. The third kappa shape index (κ3) is 4.27. The molecular weight excluding hydrogens is 276 g/mol. The average molecular weight is 297 g/mol. The Balaban J connectivity index is 0.00000200. The van der Waals surface area contributed by atoms with Gasteiger partial charge in [0, 0.05) is 18.7 Å². The first kappa shape index (κ1) is 16.6. The highest BCUT2D eigenvalue weighted by atomic mass is 35.5. The first-order valence-corrected chi connectivity index (χ1v) is 6.34. The van der Waals surface area contributed by atoms with E-state index in [1.807, 2.05) is 43.4 Å². The van der Waals surface area contributed by atoms with E-state index in [1.165, 1.54) is 0 Å². The van der Waals surface area contributed by atoms with Crippen LogP contribution < -0.4 is 10.5 Å². The summed E-state index contributed by atoms with van der Waals surface area (Å²) in [7, 11) is 3.69. The van der Waals surface area contributed by atoms with Gasteiger partial charge in [0.05, 0.1) is 13.7 Å². The molecule has 1 aromatic carbocycles. The fourth-order valence-corrected chi connectivity index (χ4v) is 1.96. The van der Waals surface area contributed by atoms with Crippen molar-refractivity contribution in [3.05, 3.63) is 42.2 Å². The Kier molecular flexibility index (Phi) is 6.58. The zero-order valence-corrected chi connectivity index (χ0v) is 12.7. The van der Waals surface area contributed by atoms with Gasteiger partial charge in [0.1, 0.15) is 17.3 Å². The lowest BCUT2D eigenvalue weighted by molar-refractivity contribution is 0.304. The lowest BCUT2D eigenvalue weighted by Gasteiger charge is -2.12. The van der Waals surface area contributed by atoms with E-state index in [1.54, 1.807) is 7.11 Å². The first-order valence-electron chi connectivity index (χ1n) is 6.34. The first-order chi connectivity index (χ1) is 9.22.